The highest BCUT2D eigenvalue weighted by molar-refractivity contribution is 9.09. The molecule has 106 valence electrons. The van der Waals surface area contributed by atoms with Gasteiger partial charge in [-0.15, -0.1) is 0 Å². The van der Waals surface area contributed by atoms with E-state index in [0.29, 0.717) is 4.83 Å². The lowest BCUT2D eigenvalue weighted by Crippen LogP contribution is -1.94. The molecule has 0 fully saturated rings. The van der Waals surface area contributed by atoms with E-state index in [1.54, 1.807) is 14.2 Å². The van der Waals surface area contributed by atoms with Gasteiger partial charge in [0.2, 0.25) is 0 Å². The van der Waals surface area contributed by atoms with Crippen molar-refractivity contribution in [3.63, 3.8) is 0 Å². The molecule has 0 aromatic heterocycles. The molecule has 2 aromatic carbocycles. The minimum atomic E-state index is 0.357. The third-order valence-electron chi connectivity index (χ3n) is 3.32. The van der Waals surface area contributed by atoms with Gasteiger partial charge in [-0.05, 0) is 48.2 Å². The first kappa shape index (κ1) is 14.9. The number of hydrogen-bond acceptors (Lipinski definition) is 2. The van der Waals surface area contributed by atoms with Crippen LogP contribution in [0, 0.1) is 0 Å². The Morgan fingerprint density at radius 2 is 1.35 bits per heavy atom. The van der Waals surface area contributed by atoms with Gasteiger partial charge in [0.05, 0.1) is 14.2 Å². The van der Waals surface area contributed by atoms with Crippen molar-refractivity contribution in [2.75, 3.05) is 14.2 Å². The number of halogens is 1. The normalized spacial score (nSPS) is 11.9. The van der Waals surface area contributed by atoms with Crippen LogP contribution in [0.15, 0.2) is 48.5 Å². The molecule has 0 radical (unpaired) electrons. The predicted molar refractivity (Wildman–Crippen MR) is 86.0 cm³/mol. The second-order valence-electron chi connectivity index (χ2n) is 4.63. The molecule has 0 amide bonds. The summed E-state index contributed by atoms with van der Waals surface area (Å²) in [7, 11) is 3.37. The molecule has 20 heavy (non-hydrogen) atoms. The van der Waals surface area contributed by atoms with Gasteiger partial charge in [0.15, 0.2) is 0 Å². The Labute approximate surface area is 128 Å². The molecule has 0 bridgehead atoms. The van der Waals surface area contributed by atoms with Gasteiger partial charge in [-0.2, -0.15) is 0 Å². The topological polar surface area (TPSA) is 18.5 Å². The zero-order valence-corrected chi connectivity index (χ0v) is 13.4. The first-order chi connectivity index (χ1) is 9.72. The van der Waals surface area contributed by atoms with Crippen molar-refractivity contribution >= 4 is 15.9 Å². The summed E-state index contributed by atoms with van der Waals surface area (Å²) in [5.41, 5.74) is 2.60. The summed E-state index contributed by atoms with van der Waals surface area (Å²) in [5, 5.41) is 0. The summed E-state index contributed by atoms with van der Waals surface area (Å²) in [6, 6.07) is 16.4. The molecule has 0 spiro atoms. The van der Waals surface area contributed by atoms with Crippen LogP contribution in [-0.2, 0) is 6.42 Å². The molecule has 0 saturated carbocycles. The summed E-state index contributed by atoms with van der Waals surface area (Å²) in [6.07, 6.45) is 2.09. The Balaban J connectivity index is 1.91. The highest BCUT2D eigenvalue weighted by Gasteiger charge is 2.08. The molecule has 0 saturated heterocycles. The van der Waals surface area contributed by atoms with E-state index in [0.717, 1.165) is 24.3 Å². The fourth-order valence-electron chi connectivity index (χ4n) is 2.06. The highest BCUT2D eigenvalue weighted by Crippen LogP contribution is 2.29. The minimum Gasteiger partial charge on any atom is -0.497 e. The van der Waals surface area contributed by atoms with Crippen LogP contribution in [0.2, 0.25) is 0 Å². The molecular weight excluding hydrogens is 316 g/mol. The first-order valence-electron chi connectivity index (χ1n) is 6.64. The van der Waals surface area contributed by atoms with Crippen LogP contribution in [0.4, 0.5) is 0 Å². The zero-order chi connectivity index (χ0) is 14.4. The lowest BCUT2D eigenvalue weighted by molar-refractivity contribution is 0.414. The van der Waals surface area contributed by atoms with Crippen molar-refractivity contribution in [1.82, 2.24) is 0 Å². The van der Waals surface area contributed by atoms with E-state index in [4.69, 9.17) is 9.47 Å². The van der Waals surface area contributed by atoms with Crippen LogP contribution < -0.4 is 9.47 Å². The van der Waals surface area contributed by atoms with E-state index >= 15 is 0 Å². The maximum atomic E-state index is 5.17. The average molecular weight is 335 g/mol. The van der Waals surface area contributed by atoms with Gasteiger partial charge in [0.25, 0.3) is 0 Å². The molecule has 3 heteroatoms. The van der Waals surface area contributed by atoms with E-state index in [2.05, 4.69) is 40.2 Å². The van der Waals surface area contributed by atoms with Crippen molar-refractivity contribution in [2.24, 2.45) is 0 Å². The number of aryl methyl sites for hydroxylation is 1. The first-order valence-corrected chi connectivity index (χ1v) is 7.55. The standard InChI is InChI=1S/C17H19BrO2/c1-19-15-8-3-13(4-9-15)5-12-17(18)14-6-10-16(20-2)11-7-14/h3-4,6-11,17H,5,12H2,1-2H3. The molecule has 0 aliphatic rings. The molecule has 0 N–H and O–H groups in total. The number of benzene rings is 2. The monoisotopic (exact) mass is 334 g/mol. The number of ether oxygens (including phenoxy) is 2. The lowest BCUT2D eigenvalue weighted by atomic mass is 10.0. The Bertz CT molecular complexity index is 520. The van der Waals surface area contributed by atoms with Crippen molar-refractivity contribution in [1.29, 1.82) is 0 Å². The number of hydrogen-bond donors (Lipinski definition) is 0. The molecule has 0 heterocycles. The zero-order valence-electron chi connectivity index (χ0n) is 11.8. The Morgan fingerprint density at radius 3 is 1.85 bits per heavy atom. The Morgan fingerprint density at radius 1 is 0.850 bits per heavy atom. The molecule has 1 unspecified atom stereocenters. The van der Waals surface area contributed by atoms with E-state index in [9.17, 15) is 0 Å². The SMILES string of the molecule is COc1ccc(CCC(Br)c2ccc(OC)cc2)cc1. The highest BCUT2D eigenvalue weighted by atomic mass is 79.9. The number of alkyl halides is 1. The van der Waals surface area contributed by atoms with Gasteiger partial charge in [-0.3, -0.25) is 0 Å². The van der Waals surface area contributed by atoms with Crippen molar-refractivity contribution < 1.29 is 9.47 Å². The Hall–Kier alpha value is -1.48. The van der Waals surface area contributed by atoms with Crippen LogP contribution in [0.1, 0.15) is 22.4 Å². The largest absolute Gasteiger partial charge is 0.497 e. The molecule has 2 aromatic rings. The van der Waals surface area contributed by atoms with Gasteiger partial charge >= 0.3 is 0 Å². The van der Waals surface area contributed by atoms with Crippen LogP contribution in [0.3, 0.4) is 0 Å². The number of methoxy groups -OCH3 is 2. The van der Waals surface area contributed by atoms with Crippen LogP contribution in [0.25, 0.3) is 0 Å². The van der Waals surface area contributed by atoms with Gasteiger partial charge in [-0.25, -0.2) is 0 Å². The van der Waals surface area contributed by atoms with Crippen LogP contribution >= 0.6 is 15.9 Å². The summed E-state index contributed by atoms with van der Waals surface area (Å²) < 4.78 is 10.3. The van der Waals surface area contributed by atoms with Crippen molar-refractivity contribution in [3.8, 4) is 11.5 Å². The Kier molecular flexibility index (Phi) is 5.48. The van der Waals surface area contributed by atoms with Crippen molar-refractivity contribution in [2.45, 2.75) is 17.7 Å². The van der Waals surface area contributed by atoms with E-state index in [-0.39, 0.29) is 0 Å². The third kappa shape index (κ3) is 4.01. The van der Waals surface area contributed by atoms with Gasteiger partial charge in [-0.1, -0.05) is 40.2 Å². The van der Waals surface area contributed by atoms with Gasteiger partial charge in [0, 0.05) is 4.83 Å². The maximum absolute atomic E-state index is 5.17. The van der Waals surface area contributed by atoms with Gasteiger partial charge < -0.3 is 9.47 Å². The van der Waals surface area contributed by atoms with Gasteiger partial charge in [0.1, 0.15) is 11.5 Å². The van der Waals surface area contributed by atoms with E-state index in [1.165, 1.54) is 11.1 Å². The molecular formula is C17H19BrO2. The predicted octanol–water partition coefficient (Wildman–Crippen LogP) is 4.77. The minimum absolute atomic E-state index is 0.357. The molecule has 2 rings (SSSR count). The molecule has 0 aliphatic carbocycles. The summed E-state index contributed by atoms with van der Waals surface area (Å²) in [4.78, 5) is 0.357. The average Bonchev–Trinajstić information content (AvgIpc) is 2.53. The lowest BCUT2D eigenvalue weighted by Gasteiger charge is -2.11. The second kappa shape index (κ2) is 7.34. The smallest absolute Gasteiger partial charge is 0.118 e. The second-order valence-corrected chi connectivity index (χ2v) is 5.73. The fraction of sp³-hybridized carbons (Fsp3) is 0.294. The van der Waals surface area contributed by atoms with Crippen LogP contribution in [-0.4, -0.2) is 14.2 Å². The van der Waals surface area contributed by atoms with E-state index < -0.39 is 0 Å². The number of rotatable bonds is 6. The third-order valence-corrected chi connectivity index (χ3v) is 4.31. The quantitative estimate of drug-likeness (QED) is 0.708. The summed E-state index contributed by atoms with van der Waals surface area (Å²) >= 11 is 3.75. The summed E-state index contributed by atoms with van der Waals surface area (Å²) in [6.45, 7) is 0. The van der Waals surface area contributed by atoms with Crippen LogP contribution in [0.5, 0.6) is 11.5 Å². The molecule has 2 nitrogen and oxygen atoms in total. The van der Waals surface area contributed by atoms with E-state index in [1.807, 2.05) is 24.3 Å². The molecule has 1 atom stereocenters. The molecule has 0 aliphatic heterocycles. The summed E-state index contributed by atoms with van der Waals surface area (Å²) in [5.74, 6) is 1.79. The fourth-order valence-corrected chi connectivity index (χ4v) is 2.60. The maximum Gasteiger partial charge on any atom is 0.118 e. The van der Waals surface area contributed by atoms with Crippen molar-refractivity contribution in [3.05, 3.63) is 59.7 Å².